The van der Waals surface area contributed by atoms with Crippen molar-refractivity contribution < 1.29 is 34.8 Å². The molecule has 7 heteroatoms. The predicted octanol–water partition coefficient (Wildman–Crippen LogP) is 6.03. The molecule has 4 N–H and O–H groups in total. The highest BCUT2D eigenvalue weighted by molar-refractivity contribution is 6.24. The summed E-state index contributed by atoms with van der Waals surface area (Å²) in [7, 11) is 0. The highest BCUT2D eigenvalue weighted by Gasteiger charge is 2.72. The molecule has 40 heavy (non-hydrogen) atoms. The van der Waals surface area contributed by atoms with Gasteiger partial charge >= 0.3 is 0 Å². The largest absolute Gasteiger partial charge is 0.508 e. The highest BCUT2D eigenvalue weighted by atomic mass is 16.3. The third kappa shape index (κ3) is 3.99. The van der Waals surface area contributed by atoms with E-state index in [2.05, 4.69) is 19.9 Å². The van der Waals surface area contributed by atoms with E-state index >= 15 is 0 Å². The lowest BCUT2D eigenvalue weighted by Gasteiger charge is -2.59. The number of aliphatic hydroxyl groups excluding tert-OH is 2. The Bertz CT molecular complexity index is 1410. The number of benzene rings is 1. The van der Waals surface area contributed by atoms with Crippen LogP contribution in [-0.4, -0.2) is 43.4 Å². The van der Waals surface area contributed by atoms with Gasteiger partial charge in [0.15, 0.2) is 17.2 Å². The van der Waals surface area contributed by atoms with Crippen molar-refractivity contribution in [2.24, 2.45) is 28.6 Å². The third-order valence-electron chi connectivity index (χ3n) is 9.51. The third-order valence-corrected chi connectivity index (χ3v) is 9.51. The van der Waals surface area contributed by atoms with Gasteiger partial charge in [-0.2, -0.15) is 0 Å². The average molecular weight is 551 g/mol. The van der Waals surface area contributed by atoms with Gasteiger partial charge in [-0.15, -0.1) is 0 Å². The summed E-state index contributed by atoms with van der Waals surface area (Å²) in [5.41, 5.74) is -3.12. The van der Waals surface area contributed by atoms with Gasteiger partial charge in [-0.3, -0.25) is 14.4 Å². The molecule has 0 radical (unpaired) electrons. The van der Waals surface area contributed by atoms with Crippen molar-refractivity contribution in [1.82, 2.24) is 0 Å². The number of aliphatic hydroxyl groups is 3. The van der Waals surface area contributed by atoms with Crippen LogP contribution in [0.2, 0.25) is 0 Å². The molecule has 1 fully saturated rings. The van der Waals surface area contributed by atoms with Gasteiger partial charge in [0.2, 0.25) is 5.78 Å². The Morgan fingerprint density at radius 1 is 1.07 bits per heavy atom. The zero-order chi connectivity index (χ0) is 30.1. The predicted molar refractivity (Wildman–Crippen MR) is 154 cm³/mol. The molecule has 1 aromatic rings. The van der Waals surface area contributed by atoms with Crippen LogP contribution in [0.15, 0.2) is 35.1 Å². The molecule has 4 rings (SSSR count). The van der Waals surface area contributed by atoms with Crippen molar-refractivity contribution in [3.8, 4) is 5.75 Å². The summed E-state index contributed by atoms with van der Waals surface area (Å²) < 4.78 is 0. The first kappa shape index (κ1) is 29.8. The maximum atomic E-state index is 14.4. The molecule has 1 unspecified atom stereocenters. The lowest BCUT2D eigenvalue weighted by molar-refractivity contribution is -0.178. The molecule has 4 atom stereocenters. The molecule has 0 heterocycles. The van der Waals surface area contributed by atoms with E-state index in [9.17, 15) is 34.8 Å². The van der Waals surface area contributed by atoms with Crippen molar-refractivity contribution in [2.45, 2.75) is 86.7 Å². The Balaban J connectivity index is 2.00. The number of carbonyl (C=O) groups excluding carboxylic acids is 3. The Hall–Kier alpha value is -3.19. The smallest absolute Gasteiger partial charge is 0.203 e. The lowest BCUT2D eigenvalue weighted by Crippen LogP contribution is -2.69. The molecule has 0 saturated heterocycles. The molecule has 0 aliphatic heterocycles. The Labute approximate surface area is 236 Å². The van der Waals surface area contributed by atoms with Crippen LogP contribution in [-0.2, 0) is 20.8 Å². The normalized spacial score (nSPS) is 30.6. The number of phenols is 1. The van der Waals surface area contributed by atoms with Crippen LogP contribution in [0.1, 0.15) is 91.3 Å². The molecule has 3 aliphatic carbocycles. The highest BCUT2D eigenvalue weighted by Crippen LogP contribution is 2.65. The van der Waals surface area contributed by atoms with Gasteiger partial charge < -0.3 is 20.4 Å². The number of phenolic OH excluding ortho intramolecular Hbond substituents is 1. The maximum Gasteiger partial charge on any atom is 0.203 e. The fourth-order valence-electron chi connectivity index (χ4n) is 7.83. The standard InChI is InChI=1S/C33H42O7/c1-16(2)10-9-11-18(5)20-12-13-22(35)24-21(20)14-31(7)15-32(8)25(17(3)4)27(36)23(19(6)34)29(38)33(32,40)30(39)26(31)28(24)37/h11-13,16-17,25,35,37-38,40H,9-10,14-15H2,1-8H3/b18-11-/t25?,31-,32-,33+/m1/s1. The Morgan fingerprint density at radius 2 is 1.70 bits per heavy atom. The van der Waals surface area contributed by atoms with E-state index in [4.69, 9.17) is 0 Å². The number of fused-ring (bicyclic) bond motifs is 3. The lowest BCUT2D eigenvalue weighted by atomic mass is 9.43. The van der Waals surface area contributed by atoms with Crippen molar-refractivity contribution in [3.05, 3.63) is 51.8 Å². The molecule has 3 aliphatic rings. The summed E-state index contributed by atoms with van der Waals surface area (Å²) >= 11 is 0. The number of allylic oxidation sites excluding steroid dienone is 3. The van der Waals surface area contributed by atoms with E-state index in [-0.39, 0.29) is 35.6 Å². The van der Waals surface area contributed by atoms with Crippen molar-refractivity contribution in [2.75, 3.05) is 0 Å². The first-order valence-corrected chi connectivity index (χ1v) is 14.2. The van der Waals surface area contributed by atoms with Gasteiger partial charge in [0.25, 0.3) is 0 Å². The Kier molecular flexibility index (Phi) is 7.24. The van der Waals surface area contributed by atoms with Crippen molar-refractivity contribution in [3.63, 3.8) is 0 Å². The summed E-state index contributed by atoms with van der Waals surface area (Å²) in [4.78, 5) is 40.5. The molecule has 0 aromatic heterocycles. The number of hydrogen-bond acceptors (Lipinski definition) is 7. The zero-order valence-corrected chi connectivity index (χ0v) is 24.8. The van der Waals surface area contributed by atoms with Gasteiger partial charge in [0.1, 0.15) is 22.8 Å². The second-order valence-corrected chi connectivity index (χ2v) is 13.3. The van der Waals surface area contributed by atoms with Crippen molar-refractivity contribution >= 4 is 28.7 Å². The second-order valence-electron chi connectivity index (χ2n) is 13.3. The minimum Gasteiger partial charge on any atom is -0.508 e. The summed E-state index contributed by atoms with van der Waals surface area (Å²) in [5.74, 6) is -4.62. The van der Waals surface area contributed by atoms with Crippen molar-refractivity contribution in [1.29, 1.82) is 0 Å². The number of hydrogen-bond donors (Lipinski definition) is 4. The molecular weight excluding hydrogens is 508 g/mol. The maximum absolute atomic E-state index is 14.4. The summed E-state index contributed by atoms with van der Waals surface area (Å²) in [6.45, 7) is 14.4. The number of carbonyl (C=O) groups is 3. The minimum absolute atomic E-state index is 0.0795. The van der Waals surface area contributed by atoms with Gasteiger partial charge in [0, 0.05) is 22.3 Å². The van der Waals surface area contributed by atoms with Crippen LogP contribution in [0.3, 0.4) is 0 Å². The fourth-order valence-corrected chi connectivity index (χ4v) is 7.83. The van der Waals surface area contributed by atoms with Crippen LogP contribution in [0.4, 0.5) is 0 Å². The number of rotatable bonds is 6. The molecule has 1 aromatic carbocycles. The first-order chi connectivity index (χ1) is 18.4. The van der Waals surface area contributed by atoms with Gasteiger partial charge in [0.05, 0.1) is 5.56 Å². The quantitative estimate of drug-likeness (QED) is 0.318. The van der Waals surface area contributed by atoms with Crippen LogP contribution in [0.25, 0.3) is 11.3 Å². The first-order valence-electron chi connectivity index (χ1n) is 14.2. The van der Waals surface area contributed by atoms with E-state index in [1.165, 1.54) is 6.07 Å². The van der Waals surface area contributed by atoms with Gasteiger partial charge in [-0.25, -0.2) is 0 Å². The monoisotopic (exact) mass is 550 g/mol. The Morgan fingerprint density at radius 3 is 2.25 bits per heavy atom. The summed E-state index contributed by atoms with van der Waals surface area (Å²) in [6.07, 6.45) is 4.37. The fraction of sp³-hybridized carbons (Fsp3) is 0.545. The second kappa shape index (κ2) is 9.72. The number of aromatic hydroxyl groups is 1. The van der Waals surface area contributed by atoms with E-state index in [0.29, 0.717) is 11.5 Å². The van der Waals surface area contributed by atoms with Crippen LogP contribution < -0.4 is 0 Å². The van der Waals surface area contributed by atoms with E-state index in [0.717, 1.165) is 30.9 Å². The van der Waals surface area contributed by atoms with Gasteiger partial charge in [-0.05, 0) is 74.1 Å². The molecule has 0 spiro atoms. The molecular formula is C33H42O7. The van der Waals surface area contributed by atoms with Crippen LogP contribution >= 0.6 is 0 Å². The molecule has 0 bridgehead atoms. The van der Waals surface area contributed by atoms with Crippen LogP contribution in [0, 0.1) is 28.6 Å². The topological polar surface area (TPSA) is 132 Å². The summed E-state index contributed by atoms with van der Waals surface area (Å²) in [6, 6.07) is 3.30. The molecule has 0 amide bonds. The van der Waals surface area contributed by atoms with Crippen LogP contribution in [0.5, 0.6) is 5.75 Å². The zero-order valence-electron chi connectivity index (χ0n) is 24.8. The van der Waals surface area contributed by atoms with E-state index in [1.807, 2.05) is 19.9 Å². The molecule has 1 saturated carbocycles. The SMILES string of the molecule is CC(=O)C1=C(O)[C@]2(O)C(=O)C3=C(O)c4c(O)ccc(/C(C)=C\CCC(C)C)c4C[C@]3(C)C[C@]2(C)C(C(C)C)C1=O. The molecule has 7 nitrogen and oxygen atoms in total. The van der Waals surface area contributed by atoms with Gasteiger partial charge in [-0.1, -0.05) is 53.7 Å². The summed E-state index contributed by atoms with van der Waals surface area (Å²) in [5, 5.41) is 45.9. The van der Waals surface area contributed by atoms with E-state index in [1.54, 1.807) is 20.8 Å². The van der Waals surface area contributed by atoms with E-state index < -0.39 is 56.8 Å². The average Bonchev–Trinajstić information content (AvgIpc) is 2.80. The number of ketones is 3. The number of Topliss-reactive ketones (excluding diaryl/α,β-unsaturated/α-hetero) is 3. The minimum atomic E-state index is -2.60. The molecule has 216 valence electrons.